The Morgan fingerprint density at radius 1 is 1.18 bits per heavy atom. The summed E-state index contributed by atoms with van der Waals surface area (Å²) in [6, 6.07) is 3.36. The summed E-state index contributed by atoms with van der Waals surface area (Å²) in [5.41, 5.74) is 0.652. The summed E-state index contributed by atoms with van der Waals surface area (Å²) in [6.07, 6.45) is 1.59. The molecule has 1 heterocycles. The molecule has 0 bridgehead atoms. The largest absolute Gasteiger partial charge is 0.356 e. The van der Waals surface area contributed by atoms with E-state index in [2.05, 4.69) is 5.16 Å². The number of hydrogen-bond acceptors (Lipinski definition) is 2. The van der Waals surface area contributed by atoms with Crippen LogP contribution in [0.25, 0.3) is 11.0 Å². The Morgan fingerprint density at radius 3 is 2.73 bits per heavy atom. The highest BCUT2D eigenvalue weighted by atomic mass is 35.5. The molecule has 2 aromatic rings. The smallest absolute Gasteiger partial charge is 0.168 e. The van der Waals surface area contributed by atoms with Gasteiger partial charge in [0.05, 0.1) is 16.2 Å². The highest BCUT2D eigenvalue weighted by molar-refractivity contribution is 6.42. The molecule has 4 heteroatoms. The van der Waals surface area contributed by atoms with Crippen LogP contribution in [0.3, 0.4) is 0 Å². The first kappa shape index (κ1) is 6.95. The zero-order valence-corrected chi connectivity index (χ0v) is 6.86. The van der Waals surface area contributed by atoms with Gasteiger partial charge >= 0.3 is 0 Å². The van der Waals surface area contributed by atoms with Gasteiger partial charge in [0, 0.05) is 11.5 Å². The third-order valence-corrected chi connectivity index (χ3v) is 2.12. The molecule has 2 nitrogen and oxygen atoms in total. The summed E-state index contributed by atoms with van der Waals surface area (Å²) in [4.78, 5) is 0. The highest BCUT2D eigenvalue weighted by Crippen LogP contribution is 2.27. The number of aromatic nitrogens is 1. The lowest BCUT2D eigenvalue weighted by Gasteiger charge is -1.91. The Bertz CT molecular complexity index is 360. The van der Waals surface area contributed by atoms with Crippen LogP contribution in [0.2, 0.25) is 10.0 Å². The maximum Gasteiger partial charge on any atom is 0.168 e. The van der Waals surface area contributed by atoms with Crippen molar-refractivity contribution in [3.8, 4) is 0 Å². The van der Waals surface area contributed by atoms with E-state index in [1.54, 1.807) is 18.3 Å². The van der Waals surface area contributed by atoms with Gasteiger partial charge in [-0.2, -0.15) is 0 Å². The van der Waals surface area contributed by atoms with Crippen molar-refractivity contribution in [1.82, 2.24) is 5.16 Å². The minimum Gasteiger partial charge on any atom is -0.356 e. The highest BCUT2D eigenvalue weighted by Gasteiger charge is 2.02. The molecular formula is C7H3Cl2NO. The van der Waals surface area contributed by atoms with Crippen molar-refractivity contribution in [3.63, 3.8) is 0 Å². The van der Waals surface area contributed by atoms with Crippen LogP contribution in [0.4, 0.5) is 0 Å². The van der Waals surface area contributed by atoms with E-state index in [1.165, 1.54) is 0 Å². The second kappa shape index (κ2) is 2.40. The Labute approximate surface area is 72.7 Å². The lowest BCUT2D eigenvalue weighted by atomic mass is 10.3. The van der Waals surface area contributed by atoms with Crippen LogP contribution in [0.1, 0.15) is 0 Å². The van der Waals surface area contributed by atoms with Crippen LogP contribution in [0.5, 0.6) is 0 Å². The molecule has 0 saturated heterocycles. The number of halogens is 2. The molecule has 0 fully saturated rings. The zero-order valence-electron chi connectivity index (χ0n) is 5.34. The van der Waals surface area contributed by atoms with Gasteiger partial charge in [0.15, 0.2) is 5.58 Å². The van der Waals surface area contributed by atoms with E-state index in [-0.39, 0.29) is 0 Å². The lowest BCUT2D eigenvalue weighted by molar-refractivity contribution is 0.456. The van der Waals surface area contributed by atoms with Crippen molar-refractivity contribution >= 4 is 34.2 Å². The molecule has 2 rings (SSSR count). The summed E-state index contributed by atoms with van der Waals surface area (Å²) in [6.45, 7) is 0. The zero-order chi connectivity index (χ0) is 7.84. The van der Waals surface area contributed by atoms with Crippen LogP contribution in [-0.4, -0.2) is 5.16 Å². The van der Waals surface area contributed by atoms with Crippen LogP contribution < -0.4 is 0 Å². The molecule has 56 valence electrons. The van der Waals surface area contributed by atoms with Gasteiger partial charge in [-0.15, -0.1) is 0 Å². The van der Waals surface area contributed by atoms with Gasteiger partial charge in [-0.05, 0) is 6.07 Å². The predicted molar refractivity (Wildman–Crippen MR) is 44.0 cm³/mol. The van der Waals surface area contributed by atoms with Crippen molar-refractivity contribution in [1.29, 1.82) is 0 Å². The maximum absolute atomic E-state index is 5.74. The van der Waals surface area contributed by atoms with Crippen LogP contribution in [-0.2, 0) is 0 Å². The van der Waals surface area contributed by atoms with E-state index >= 15 is 0 Å². The molecule has 0 aliphatic rings. The average Bonchev–Trinajstić information content (AvgIpc) is 2.36. The summed E-state index contributed by atoms with van der Waals surface area (Å²) < 4.78 is 4.86. The fourth-order valence-electron chi connectivity index (χ4n) is 0.864. The summed E-state index contributed by atoms with van der Waals surface area (Å²) in [7, 11) is 0. The van der Waals surface area contributed by atoms with Crippen LogP contribution in [0, 0.1) is 0 Å². The number of hydrogen-bond donors (Lipinski definition) is 0. The van der Waals surface area contributed by atoms with Gasteiger partial charge < -0.3 is 4.52 Å². The molecular weight excluding hydrogens is 185 g/mol. The summed E-state index contributed by atoms with van der Waals surface area (Å²) in [5, 5.41) is 5.45. The minimum absolute atomic E-state index is 0.482. The summed E-state index contributed by atoms with van der Waals surface area (Å²) in [5.74, 6) is 0. The third-order valence-electron chi connectivity index (χ3n) is 1.40. The molecule has 0 aliphatic heterocycles. The molecule has 0 atom stereocenters. The molecule has 1 aromatic carbocycles. The average molecular weight is 188 g/mol. The van der Waals surface area contributed by atoms with Gasteiger partial charge in [0.2, 0.25) is 0 Å². The quantitative estimate of drug-likeness (QED) is 0.634. The molecule has 0 radical (unpaired) electrons. The Balaban J connectivity index is 2.86. The van der Waals surface area contributed by atoms with Crippen LogP contribution >= 0.6 is 23.2 Å². The Kier molecular flexibility index (Phi) is 1.51. The maximum atomic E-state index is 5.74. The van der Waals surface area contributed by atoms with Crippen molar-refractivity contribution in [2.45, 2.75) is 0 Å². The van der Waals surface area contributed by atoms with Crippen molar-refractivity contribution < 1.29 is 4.52 Å². The standard InChI is InChI=1S/C7H3Cl2NO/c8-5-1-4-3-10-11-7(4)2-6(5)9/h1-3H. The monoisotopic (exact) mass is 187 g/mol. The second-order valence-corrected chi connectivity index (χ2v) is 2.94. The minimum atomic E-state index is 0.482. The third kappa shape index (κ3) is 1.08. The van der Waals surface area contributed by atoms with Gasteiger partial charge in [0.25, 0.3) is 0 Å². The van der Waals surface area contributed by atoms with E-state index in [0.717, 1.165) is 5.39 Å². The molecule has 0 N–H and O–H groups in total. The van der Waals surface area contributed by atoms with Gasteiger partial charge in [-0.3, -0.25) is 0 Å². The van der Waals surface area contributed by atoms with E-state index < -0.39 is 0 Å². The molecule has 11 heavy (non-hydrogen) atoms. The molecule has 0 amide bonds. The summed E-state index contributed by atoms with van der Waals surface area (Å²) >= 11 is 11.5. The molecule has 0 saturated carbocycles. The second-order valence-electron chi connectivity index (χ2n) is 2.13. The lowest BCUT2D eigenvalue weighted by Crippen LogP contribution is -1.67. The molecule has 0 unspecified atom stereocenters. The normalized spacial score (nSPS) is 10.7. The van der Waals surface area contributed by atoms with E-state index in [4.69, 9.17) is 27.7 Å². The Hall–Kier alpha value is -0.730. The first-order chi connectivity index (χ1) is 5.27. The molecule has 0 aliphatic carbocycles. The van der Waals surface area contributed by atoms with E-state index in [1.807, 2.05) is 0 Å². The first-order valence-electron chi connectivity index (χ1n) is 2.97. The van der Waals surface area contributed by atoms with Crippen LogP contribution in [0.15, 0.2) is 22.9 Å². The molecule has 1 aromatic heterocycles. The van der Waals surface area contributed by atoms with Gasteiger partial charge in [-0.1, -0.05) is 28.4 Å². The number of fused-ring (bicyclic) bond motifs is 1. The van der Waals surface area contributed by atoms with Crippen molar-refractivity contribution in [2.75, 3.05) is 0 Å². The number of nitrogens with zero attached hydrogens (tertiary/aromatic N) is 1. The molecule has 0 spiro atoms. The van der Waals surface area contributed by atoms with Crippen molar-refractivity contribution in [2.24, 2.45) is 0 Å². The fourth-order valence-corrected chi connectivity index (χ4v) is 1.19. The SMILES string of the molecule is Clc1cc2cnoc2cc1Cl. The Morgan fingerprint density at radius 2 is 1.91 bits per heavy atom. The predicted octanol–water partition coefficient (Wildman–Crippen LogP) is 3.13. The number of benzene rings is 1. The van der Waals surface area contributed by atoms with E-state index in [9.17, 15) is 0 Å². The first-order valence-corrected chi connectivity index (χ1v) is 3.72. The topological polar surface area (TPSA) is 26.0 Å². The van der Waals surface area contributed by atoms with Crippen molar-refractivity contribution in [3.05, 3.63) is 28.4 Å². The van der Waals surface area contributed by atoms with E-state index in [0.29, 0.717) is 15.6 Å². The number of rotatable bonds is 0. The fraction of sp³-hybridized carbons (Fsp3) is 0. The van der Waals surface area contributed by atoms with Gasteiger partial charge in [-0.25, -0.2) is 0 Å². The van der Waals surface area contributed by atoms with Gasteiger partial charge in [0.1, 0.15) is 0 Å².